The van der Waals surface area contributed by atoms with E-state index >= 15 is 0 Å². The number of fused-ring (bicyclic) bond motifs is 1. The van der Waals surface area contributed by atoms with Crippen molar-refractivity contribution in [2.24, 2.45) is 0 Å². The number of hydrogen-bond donors (Lipinski definition) is 1. The lowest BCUT2D eigenvalue weighted by atomic mass is 10.1. The molecule has 1 aromatic heterocycles. The van der Waals surface area contributed by atoms with Gasteiger partial charge in [-0.2, -0.15) is 0 Å². The SMILES string of the molecule is Cc1cnccc1CNCc1cc(Cl)cc2c1OCC2. The van der Waals surface area contributed by atoms with E-state index in [-0.39, 0.29) is 0 Å². The second kappa shape index (κ2) is 5.81. The van der Waals surface area contributed by atoms with Crippen LogP contribution in [0, 0.1) is 6.92 Å². The first kappa shape index (κ1) is 13.4. The lowest BCUT2D eigenvalue weighted by Gasteiger charge is -2.11. The van der Waals surface area contributed by atoms with Gasteiger partial charge in [-0.3, -0.25) is 4.98 Å². The monoisotopic (exact) mass is 288 g/mol. The predicted molar refractivity (Wildman–Crippen MR) is 80.2 cm³/mol. The van der Waals surface area contributed by atoms with Gasteiger partial charge in [0, 0.05) is 42.5 Å². The van der Waals surface area contributed by atoms with Crippen molar-refractivity contribution in [3.63, 3.8) is 0 Å². The van der Waals surface area contributed by atoms with Crippen molar-refractivity contribution in [1.29, 1.82) is 0 Å². The first-order valence-electron chi connectivity index (χ1n) is 6.78. The fourth-order valence-electron chi connectivity index (χ4n) is 2.51. The third-order valence-corrected chi connectivity index (χ3v) is 3.81. The molecule has 0 amide bonds. The Balaban J connectivity index is 1.69. The molecule has 0 saturated heterocycles. The molecule has 104 valence electrons. The Morgan fingerprint density at radius 2 is 2.15 bits per heavy atom. The van der Waals surface area contributed by atoms with Crippen molar-refractivity contribution < 1.29 is 4.74 Å². The van der Waals surface area contributed by atoms with Crippen LogP contribution in [0.15, 0.2) is 30.6 Å². The Hall–Kier alpha value is -1.58. The van der Waals surface area contributed by atoms with Crippen LogP contribution in [-0.2, 0) is 19.5 Å². The molecule has 1 N–H and O–H groups in total. The van der Waals surface area contributed by atoms with E-state index in [1.807, 2.05) is 30.6 Å². The maximum absolute atomic E-state index is 6.16. The van der Waals surface area contributed by atoms with E-state index in [1.165, 1.54) is 16.7 Å². The average molecular weight is 289 g/mol. The van der Waals surface area contributed by atoms with E-state index in [0.717, 1.165) is 42.5 Å². The number of pyridine rings is 1. The summed E-state index contributed by atoms with van der Waals surface area (Å²) in [7, 11) is 0. The molecule has 0 radical (unpaired) electrons. The van der Waals surface area contributed by atoms with Crippen LogP contribution < -0.4 is 10.1 Å². The highest BCUT2D eigenvalue weighted by Crippen LogP contribution is 2.32. The second-order valence-electron chi connectivity index (χ2n) is 5.06. The predicted octanol–water partition coefficient (Wildman–Crippen LogP) is 3.27. The minimum absolute atomic E-state index is 0.755. The molecule has 1 aliphatic heterocycles. The van der Waals surface area contributed by atoms with Crippen LogP contribution in [0.1, 0.15) is 22.3 Å². The topological polar surface area (TPSA) is 34.2 Å². The van der Waals surface area contributed by atoms with Crippen LogP contribution in [0.4, 0.5) is 0 Å². The Bertz CT molecular complexity index is 628. The van der Waals surface area contributed by atoms with Gasteiger partial charge in [-0.15, -0.1) is 0 Å². The number of aromatic nitrogens is 1. The fraction of sp³-hybridized carbons (Fsp3) is 0.312. The summed E-state index contributed by atoms with van der Waals surface area (Å²) in [5, 5.41) is 4.23. The van der Waals surface area contributed by atoms with Crippen molar-refractivity contribution >= 4 is 11.6 Å². The van der Waals surface area contributed by atoms with Gasteiger partial charge in [0.15, 0.2) is 0 Å². The number of ether oxygens (including phenoxy) is 1. The zero-order chi connectivity index (χ0) is 13.9. The smallest absolute Gasteiger partial charge is 0.127 e. The van der Waals surface area contributed by atoms with Crippen molar-refractivity contribution in [3.8, 4) is 5.75 Å². The lowest BCUT2D eigenvalue weighted by molar-refractivity contribution is 0.352. The highest BCUT2D eigenvalue weighted by Gasteiger charge is 2.17. The highest BCUT2D eigenvalue weighted by molar-refractivity contribution is 6.30. The molecule has 0 atom stereocenters. The third-order valence-electron chi connectivity index (χ3n) is 3.59. The van der Waals surface area contributed by atoms with E-state index in [0.29, 0.717) is 0 Å². The number of hydrogen-bond acceptors (Lipinski definition) is 3. The molecule has 2 heterocycles. The van der Waals surface area contributed by atoms with Crippen molar-refractivity contribution in [2.45, 2.75) is 26.4 Å². The van der Waals surface area contributed by atoms with Crippen LogP contribution in [0.5, 0.6) is 5.75 Å². The van der Waals surface area contributed by atoms with Gasteiger partial charge in [-0.25, -0.2) is 0 Å². The number of halogens is 1. The maximum atomic E-state index is 6.16. The minimum Gasteiger partial charge on any atom is -0.493 e. The fourth-order valence-corrected chi connectivity index (χ4v) is 2.77. The van der Waals surface area contributed by atoms with E-state index < -0.39 is 0 Å². The molecule has 4 heteroatoms. The molecule has 0 fully saturated rings. The van der Waals surface area contributed by atoms with Crippen LogP contribution in [0.2, 0.25) is 5.02 Å². The highest BCUT2D eigenvalue weighted by atomic mass is 35.5. The summed E-state index contributed by atoms with van der Waals surface area (Å²) >= 11 is 6.16. The molecule has 0 saturated carbocycles. The maximum Gasteiger partial charge on any atom is 0.127 e. The molecule has 1 aromatic carbocycles. The van der Waals surface area contributed by atoms with E-state index in [1.54, 1.807) is 0 Å². The van der Waals surface area contributed by atoms with Gasteiger partial charge in [0.25, 0.3) is 0 Å². The third kappa shape index (κ3) is 2.79. The Morgan fingerprint density at radius 3 is 3.00 bits per heavy atom. The zero-order valence-electron chi connectivity index (χ0n) is 11.4. The van der Waals surface area contributed by atoms with Crippen molar-refractivity contribution in [1.82, 2.24) is 10.3 Å². The molecular formula is C16H17ClN2O. The van der Waals surface area contributed by atoms with Gasteiger partial charge >= 0.3 is 0 Å². The molecule has 3 nitrogen and oxygen atoms in total. The Kier molecular flexibility index (Phi) is 3.90. The van der Waals surface area contributed by atoms with E-state index in [4.69, 9.17) is 16.3 Å². The van der Waals surface area contributed by atoms with Gasteiger partial charge in [-0.05, 0) is 41.8 Å². The van der Waals surface area contributed by atoms with E-state index in [9.17, 15) is 0 Å². The summed E-state index contributed by atoms with van der Waals surface area (Å²) in [4.78, 5) is 4.10. The molecule has 2 aromatic rings. The molecule has 1 aliphatic rings. The quantitative estimate of drug-likeness (QED) is 0.937. The summed E-state index contributed by atoms with van der Waals surface area (Å²) in [6.45, 7) is 4.40. The number of aryl methyl sites for hydroxylation is 1. The molecule has 0 spiro atoms. The molecule has 3 rings (SSSR count). The van der Waals surface area contributed by atoms with Crippen LogP contribution in [0.25, 0.3) is 0 Å². The molecule has 0 aliphatic carbocycles. The van der Waals surface area contributed by atoms with Crippen LogP contribution in [0.3, 0.4) is 0 Å². The summed E-state index contributed by atoms with van der Waals surface area (Å²) in [5.74, 6) is 1.01. The van der Waals surface area contributed by atoms with Crippen molar-refractivity contribution in [2.75, 3.05) is 6.61 Å². The average Bonchev–Trinajstić information content (AvgIpc) is 2.89. The number of nitrogens with zero attached hydrogens (tertiary/aromatic N) is 1. The number of rotatable bonds is 4. The van der Waals surface area contributed by atoms with Gasteiger partial charge in [0.1, 0.15) is 5.75 Å². The normalized spacial score (nSPS) is 13.1. The van der Waals surface area contributed by atoms with Crippen molar-refractivity contribution in [3.05, 3.63) is 57.9 Å². The molecular weight excluding hydrogens is 272 g/mol. The first-order valence-corrected chi connectivity index (χ1v) is 7.16. The van der Waals surface area contributed by atoms with Gasteiger partial charge in [0.05, 0.1) is 6.61 Å². The lowest BCUT2D eigenvalue weighted by Crippen LogP contribution is -2.14. The summed E-state index contributed by atoms with van der Waals surface area (Å²) < 4.78 is 5.70. The van der Waals surface area contributed by atoms with E-state index in [2.05, 4.69) is 17.2 Å². The Morgan fingerprint density at radius 1 is 1.30 bits per heavy atom. The summed E-state index contributed by atoms with van der Waals surface area (Å²) in [5.41, 5.74) is 4.82. The molecule has 0 unspecified atom stereocenters. The van der Waals surface area contributed by atoms with Crippen LogP contribution in [-0.4, -0.2) is 11.6 Å². The summed E-state index contributed by atoms with van der Waals surface area (Å²) in [6.07, 6.45) is 4.66. The number of nitrogens with one attached hydrogen (secondary N) is 1. The molecule has 0 bridgehead atoms. The Labute approximate surface area is 123 Å². The summed E-state index contributed by atoms with van der Waals surface area (Å²) in [6, 6.07) is 6.03. The standard InChI is InChI=1S/C16H17ClN2O/c1-11-8-18-4-2-13(11)9-19-10-14-7-15(17)6-12-3-5-20-16(12)14/h2,4,6-8,19H,3,5,9-10H2,1H3. The molecule has 20 heavy (non-hydrogen) atoms. The second-order valence-corrected chi connectivity index (χ2v) is 5.49. The van der Waals surface area contributed by atoms with Gasteiger partial charge < -0.3 is 10.1 Å². The van der Waals surface area contributed by atoms with Gasteiger partial charge in [0.2, 0.25) is 0 Å². The minimum atomic E-state index is 0.755. The number of benzene rings is 1. The zero-order valence-corrected chi connectivity index (χ0v) is 12.2. The largest absolute Gasteiger partial charge is 0.493 e. The van der Waals surface area contributed by atoms with Crippen LogP contribution >= 0.6 is 11.6 Å². The van der Waals surface area contributed by atoms with Gasteiger partial charge in [-0.1, -0.05) is 11.6 Å². The first-order chi connectivity index (χ1) is 9.74.